The maximum absolute atomic E-state index is 12.6. The molecule has 0 radical (unpaired) electrons. The third-order valence-electron chi connectivity index (χ3n) is 4.78. The van der Waals surface area contributed by atoms with Crippen LogP contribution in [0.3, 0.4) is 0 Å². The number of aromatic nitrogens is 5. The molecule has 0 bridgehead atoms. The molecule has 0 aliphatic carbocycles. The number of hydrogen-bond acceptors (Lipinski definition) is 11. The van der Waals surface area contributed by atoms with Crippen LogP contribution in [0.25, 0.3) is 0 Å². The second-order valence-electron chi connectivity index (χ2n) is 7.28. The molecule has 0 unspecified atom stereocenters. The predicted octanol–water partition coefficient (Wildman–Crippen LogP) is 2.20. The lowest BCUT2D eigenvalue weighted by molar-refractivity contribution is 0.0451. The molecule has 2 aromatic heterocycles. The number of ether oxygens (including phenoxy) is 3. The average molecular weight is 489 g/mol. The summed E-state index contributed by atoms with van der Waals surface area (Å²) in [4.78, 5) is 37.0. The third-order valence-corrected chi connectivity index (χ3v) is 4.78. The summed E-state index contributed by atoms with van der Waals surface area (Å²) >= 11 is 0. The van der Waals surface area contributed by atoms with Gasteiger partial charge in [0.1, 0.15) is 18.1 Å². The van der Waals surface area contributed by atoms with Crippen molar-refractivity contribution in [3.8, 4) is 11.5 Å². The summed E-state index contributed by atoms with van der Waals surface area (Å²) < 4.78 is 17.3. The number of anilines is 3. The van der Waals surface area contributed by atoms with Crippen molar-refractivity contribution in [2.24, 2.45) is 0 Å². The van der Waals surface area contributed by atoms with Crippen LogP contribution in [0, 0.1) is 0 Å². The first-order chi connectivity index (χ1) is 17.5. The Balaban J connectivity index is 1.39. The van der Waals surface area contributed by atoms with Gasteiger partial charge in [-0.3, -0.25) is 4.79 Å². The number of nitrogens with zero attached hydrogens (tertiary/aromatic N) is 5. The summed E-state index contributed by atoms with van der Waals surface area (Å²) in [7, 11) is 1.54. The van der Waals surface area contributed by atoms with Crippen LogP contribution in [0.5, 0.6) is 11.5 Å². The Bertz CT molecular complexity index is 1400. The Hall–Kier alpha value is -5.00. The highest BCUT2D eigenvalue weighted by Crippen LogP contribution is 2.25. The molecular formula is C24H23N7O5. The van der Waals surface area contributed by atoms with Crippen molar-refractivity contribution in [1.29, 1.82) is 0 Å². The number of rotatable bonds is 10. The van der Waals surface area contributed by atoms with E-state index in [4.69, 9.17) is 19.9 Å². The number of carbonyl (C=O) groups excluding carboxylic acids is 1. The van der Waals surface area contributed by atoms with Gasteiger partial charge in [0, 0.05) is 6.07 Å². The van der Waals surface area contributed by atoms with Gasteiger partial charge in [-0.05, 0) is 30.3 Å². The van der Waals surface area contributed by atoms with Crippen LogP contribution in [0.4, 0.5) is 17.6 Å². The van der Waals surface area contributed by atoms with E-state index in [2.05, 4.69) is 25.4 Å². The molecule has 12 heteroatoms. The number of carbonyl (C=O) groups is 1. The van der Waals surface area contributed by atoms with Gasteiger partial charge < -0.3 is 25.3 Å². The van der Waals surface area contributed by atoms with Gasteiger partial charge in [-0.25, -0.2) is 9.48 Å². The summed E-state index contributed by atoms with van der Waals surface area (Å²) in [5.74, 6) is 0.711. The lowest BCUT2D eigenvalue weighted by Crippen LogP contribution is -2.27. The third kappa shape index (κ3) is 6.32. The normalized spacial score (nSPS) is 10.5. The number of benzene rings is 2. The topological polar surface area (TPSA) is 156 Å². The van der Waals surface area contributed by atoms with Crippen LogP contribution in [0.15, 0.2) is 71.5 Å². The van der Waals surface area contributed by atoms with Gasteiger partial charge in [-0.15, -0.1) is 0 Å². The Kier molecular flexibility index (Phi) is 7.66. The molecule has 4 aromatic rings. The van der Waals surface area contributed by atoms with Crippen LogP contribution in [-0.4, -0.2) is 44.4 Å². The van der Waals surface area contributed by atoms with Gasteiger partial charge in [-0.1, -0.05) is 30.3 Å². The lowest BCUT2D eigenvalue weighted by Gasteiger charge is -2.11. The summed E-state index contributed by atoms with van der Waals surface area (Å²) in [6.45, 7) is 0.0580. The molecule has 0 aliphatic rings. The summed E-state index contributed by atoms with van der Waals surface area (Å²) in [6, 6.07) is 18.9. The number of hydrogen-bond donors (Lipinski definition) is 2. The van der Waals surface area contributed by atoms with Gasteiger partial charge in [0.15, 0.2) is 18.1 Å². The molecule has 2 aromatic carbocycles. The molecule has 36 heavy (non-hydrogen) atoms. The number of para-hydroxylation sites is 3. The molecule has 3 N–H and O–H groups in total. The van der Waals surface area contributed by atoms with Crippen molar-refractivity contribution < 1.29 is 19.0 Å². The Morgan fingerprint density at radius 2 is 1.78 bits per heavy atom. The molecule has 0 saturated carbocycles. The maximum atomic E-state index is 12.6. The van der Waals surface area contributed by atoms with Crippen LogP contribution < -0.4 is 26.1 Å². The van der Waals surface area contributed by atoms with Crippen LogP contribution >= 0.6 is 0 Å². The Labute approximate surface area is 205 Å². The minimum Gasteiger partial charge on any atom is -0.495 e. The fraction of sp³-hybridized carbons (Fsp3) is 0.167. The van der Waals surface area contributed by atoms with E-state index in [-0.39, 0.29) is 48.7 Å². The van der Waals surface area contributed by atoms with Gasteiger partial charge in [0.05, 0.1) is 19.3 Å². The van der Waals surface area contributed by atoms with Gasteiger partial charge in [-0.2, -0.15) is 20.1 Å². The number of nitrogens with two attached hydrogens (primary N) is 1. The fourth-order valence-corrected chi connectivity index (χ4v) is 3.12. The molecule has 2 heterocycles. The standard InChI is InChI=1S/C24H23N7O5/c1-34-19-10-6-5-9-17(19)26-24-28-20(27-23(25)29-24)15-36-22(33)18-11-12-21(32)31(30-18)13-14-35-16-7-3-2-4-8-16/h2-12H,13-15H2,1H3,(H3,25,26,27,28,29). The average Bonchev–Trinajstić information content (AvgIpc) is 2.89. The van der Waals surface area contributed by atoms with E-state index in [9.17, 15) is 9.59 Å². The zero-order chi connectivity index (χ0) is 25.3. The quantitative estimate of drug-likeness (QED) is 0.315. The Morgan fingerprint density at radius 3 is 2.58 bits per heavy atom. The van der Waals surface area contributed by atoms with Crippen molar-refractivity contribution in [1.82, 2.24) is 24.7 Å². The van der Waals surface area contributed by atoms with Crippen LogP contribution in [-0.2, 0) is 17.9 Å². The number of methoxy groups -OCH3 is 1. The number of nitrogen functional groups attached to an aromatic ring is 1. The van der Waals surface area contributed by atoms with E-state index >= 15 is 0 Å². The van der Waals surface area contributed by atoms with Crippen LogP contribution in [0.1, 0.15) is 16.3 Å². The first kappa shape index (κ1) is 24.1. The maximum Gasteiger partial charge on any atom is 0.359 e. The Morgan fingerprint density at radius 1 is 1.00 bits per heavy atom. The van der Waals surface area contributed by atoms with Crippen molar-refractivity contribution in [3.05, 3.63) is 88.6 Å². The molecular weight excluding hydrogens is 466 g/mol. The van der Waals surface area contributed by atoms with Gasteiger partial charge in [0.2, 0.25) is 11.9 Å². The first-order valence-electron chi connectivity index (χ1n) is 10.9. The van der Waals surface area contributed by atoms with E-state index in [1.165, 1.54) is 12.1 Å². The molecule has 184 valence electrons. The monoisotopic (exact) mass is 489 g/mol. The zero-order valence-electron chi connectivity index (χ0n) is 19.3. The van der Waals surface area contributed by atoms with E-state index in [0.717, 1.165) is 4.68 Å². The fourth-order valence-electron chi connectivity index (χ4n) is 3.12. The molecule has 0 spiro atoms. The number of esters is 1. The highest BCUT2D eigenvalue weighted by Gasteiger charge is 2.14. The minimum absolute atomic E-state index is 0.0521. The molecule has 0 aliphatic heterocycles. The predicted molar refractivity (Wildman–Crippen MR) is 130 cm³/mol. The summed E-state index contributed by atoms with van der Waals surface area (Å²) in [6.07, 6.45) is 0. The first-order valence-corrected chi connectivity index (χ1v) is 10.9. The highest BCUT2D eigenvalue weighted by atomic mass is 16.5. The smallest absolute Gasteiger partial charge is 0.359 e. The molecule has 0 amide bonds. The van der Waals surface area contributed by atoms with Gasteiger partial charge in [0.25, 0.3) is 5.56 Å². The molecule has 0 atom stereocenters. The highest BCUT2D eigenvalue weighted by molar-refractivity contribution is 5.86. The second kappa shape index (κ2) is 11.4. The van der Waals surface area contributed by atoms with E-state index < -0.39 is 5.97 Å². The van der Waals surface area contributed by atoms with Crippen LogP contribution in [0.2, 0.25) is 0 Å². The summed E-state index contributed by atoms with van der Waals surface area (Å²) in [5, 5.41) is 7.07. The van der Waals surface area contributed by atoms with Crippen molar-refractivity contribution in [2.45, 2.75) is 13.2 Å². The lowest BCUT2D eigenvalue weighted by atomic mass is 10.3. The SMILES string of the molecule is COc1ccccc1Nc1nc(N)nc(COC(=O)c2ccc(=O)n(CCOc3ccccc3)n2)n1. The van der Waals surface area contributed by atoms with E-state index in [1.807, 2.05) is 30.3 Å². The second-order valence-corrected chi connectivity index (χ2v) is 7.28. The minimum atomic E-state index is -0.758. The zero-order valence-corrected chi connectivity index (χ0v) is 19.3. The van der Waals surface area contributed by atoms with Crippen molar-refractivity contribution >= 4 is 23.6 Å². The number of nitrogens with one attached hydrogen (secondary N) is 1. The van der Waals surface area contributed by atoms with Crippen molar-refractivity contribution in [2.75, 3.05) is 24.8 Å². The van der Waals surface area contributed by atoms with Gasteiger partial charge >= 0.3 is 5.97 Å². The molecule has 12 nitrogen and oxygen atoms in total. The molecule has 0 saturated heterocycles. The largest absolute Gasteiger partial charge is 0.495 e. The molecule has 4 rings (SSSR count). The van der Waals surface area contributed by atoms with E-state index in [1.54, 1.807) is 31.4 Å². The summed E-state index contributed by atoms with van der Waals surface area (Å²) in [5.41, 5.74) is 5.98. The molecule has 0 fully saturated rings. The van der Waals surface area contributed by atoms with Crippen molar-refractivity contribution in [3.63, 3.8) is 0 Å². The van der Waals surface area contributed by atoms with E-state index in [0.29, 0.717) is 17.2 Å².